The van der Waals surface area contributed by atoms with Gasteiger partial charge in [0, 0.05) is 35.6 Å². The average Bonchev–Trinajstić information content (AvgIpc) is 3.33. The zero-order chi connectivity index (χ0) is 18.8. The largest absolute Gasteiger partial charge is 0.351 e. The summed E-state index contributed by atoms with van der Waals surface area (Å²) in [6, 6.07) is 7.85. The summed E-state index contributed by atoms with van der Waals surface area (Å²) in [4.78, 5) is 21.2. The fourth-order valence-electron chi connectivity index (χ4n) is 2.63. The molecule has 7 nitrogen and oxygen atoms in total. The van der Waals surface area contributed by atoms with Crippen LogP contribution in [0.4, 0.5) is 5.95 Å². The maximum Gasteiger partial charge on any atom is 0.254 e. The number of carbonyl (C=O) groups excluding carboxylic acids is 1. The summed E-state index contributed by atoms with van der Waals surface area (Å²) in [7, 11) is 0. The van der Waals surface area contributed by atoms with E-state index in [2.05, 4.69) is 25.7 Å². The molecule has 0 bridgehead atoms. The van der Waals surface area contributed by atoms with Crippen molar-refractivity contribution < 1.29 is 4.79 Å². The third-order valence-corrected chi connectivity index (χ3v) is 4.49. The van der Waals surface area contributed by atoms with Crippen molar-refractivity contribution in [2.75, 3.05) is 5.32 Å². The van der Waals surface area contributed by atoms with Crippen molar-refractivity contribution in [2.24, 2.45) is 0 Å². The zero-order valence-corrected chi connectivity index (χ0v) is 15.6. The molecule has 2 N–H and O–H groups in total. The zero-order valence-electron chi connectivity index (χ0n) is 14.8. The van der Waals surface area contributed by atoms with Gasteiger partial charge < -0.3 is 10.6 Å². The third-order valence-electron chi connectivity index (χ3n) is 4.26. The number of carbonyl (C=O) groups is 1. The summed E-state index contributed by atoms with van der Waals surface area (Å²) in [6.07, 6.45) is 7.25. The summed E-state index contributed by atoms with van der Waals surface area (Å²) in [6.45, 7) is 2.31. The van der Waals surface area contributed by atoms with Gasteiger partial charge in [0.05, 0.1) is 11.8 Å². The standard InChI is InChI=1S/C19H19ClN6O/c1-12-8-22-19(24-16-5-6-16)25-17(12)26-11-14(10-23-26)18(27)21-9-13-3-2-4-15(20)7-13/h2-4,7-8,10-11,16H,5-6,9H2,1H3,(H,21,27)(H,22,24,25). The Labute approximate surface area is 161 Å². The number of halogens is 1. The van der Waals surface area contributed by atoms with E-state index < -0.39 is 0 Å². The lowest BCUT2D eigenvalue weighted by Crippen LogP contribution is -2.22. The molecule has 2 heterocycles. The van der Waals surface area contributed by atoms with E-state index in [9.17, 15) is 4.79 Å². The molecule has 0 atom stereocenters. The Hall–Kier alpha value is -2.93. The van der Waals surface area contributed by atoms with Crippen molar-refractivity contribution in [1.29, 1.82) is 0 Å². The highest BCUT2D eigenvalue weighted by molar-refractivity contribution is 6.30. The number of rotatable bonds is 6. The Morgan fingerprint density at radius 2 is 2.19 bits per heavy atom. The van der Waals surface area contributed by atoms with Crippen molar-refractivity contribution >= 4 is 23.5 Å². The van der Waals surface area contributed by atoms with E-state index in [1.54, 1.807) is 23.1 Å². The summed E-state index contributed by atoms with van der Waals surface area (Å²) in [5.74, 6) is 1.03. The van der Waals surface area contributed by atoms with Crippen LogP contribution in [0.5, 0.6) is 0 Å². The summed E-state index contributed by atoms with van der Waals surface area (Å²) < 4.78 is 1.60. The maximum atomic E-state index is 12.4. The predicted molar refractivity (Wildman–Crippen MR) is 103 cm³/mol. The summed E-state index contributed by atoms with van der Waals surface area (Å²) in [5, 5.41) is 11.1. The number of nitrogens with zero attached hydrogens (tertiary/aromatic N) is 4. The van der Waals surface area contributed by atoms with Crippen molar-refractivity contribution in [3.05, 3.63) is 64.6 Å². The van der Waals surface area contributed by atoms with E-state index in [1.165, 1.54) is 6.20 Å². The molecular weight excluding hydrogens is 364 g/mol. The SMILES string of the molecule is Cc1cnc(NC2CC2)nc1-n1cc(C(=O)NCc2cccc(Cl)c2)cn1. The third kappa shape index (κ3) is 4.25. The second-order valence-electron chi connectivity index (χ2n) is 6.61. The highest BCUT2D eigenvalue weighted by Gasteiger charge is 2.22. The molecule has 27 heavy (non-hydrogen) atoms. The first-order valence-electron chi connectivity index (χ1n) is 8.76. The molecule has 8 heteroatoms. The minimum atomic E-state index is -0.204. The van der Waals surface area contributed by atoms with Gasteiger partial charge in [-0.15, -0.1) is 0 Å². The van der Waals surface area contributed by atoms with Crippen molar-refractivity contribution in [3.63, 3.8) is 0 Å². The van der Waals surface area contributed by atoms with E-state index in [1.807, 2.05) is 25.1 Å². The first kappa shape index (κ1) is 17.5. The fourth-order valence-corrected chi connectivity index (χ4v) is 2.84. The van der Waals surface area contributed by atoms with Crippen LogP contribution in [-0.2, 0) is 6.54 Å². The van der Waals surface area contributed by atoms with Gasteiger partial charge in [0.25, 0.3) is 5.91 Å². The number of anilines is 1. The molecule has 2 aromatic heterocycles. The van der Waals surface area contributed by atoms with E-state index in [-0.39, 0.29) is 5.91 Å². The van der Waals surface area contributed by atoms with Gasteiger partial charge in [0.15, 0.2) is 5.82 Å². The monoisotopic (exact) mass is 382 g/mol. The number of amides is 1. The Bertz CT molecular complexity index is 982. The van der Waals surface area contributed by atoms with Crippen molar-refractivity contribution in [3.8, 4) is 5.82 Å². The van der Waals surface area contributed by atoms with Crippen LogP contribution in [0.2, 0.25) is 5.02 Å². The molecule has 1 aliphatic rings. The molecule has 1 aromatic carbocycles. The second-order valence-corrected chi connectivity index (χ2v) is 7.04. The Morgan fingerprint density at radius 3 is 2.96 bits per heavy atom. The first-order valence-corrected chi connectivity index (χ1v) is 9.14. The van der Waals surface area contributed by atoms with Gasteiger partial charge >= 0.3 is 0 Å². The van der Waals surface area contributed by atoms with E-state index >= 15 is 0 Å². The summed E-state index contributed by atoms with van der Waals surface area (Å²) in [5.41, 5.74) is 2.28. The van der Waals surface area contributed by atoms with Gasteiger partial charge in [-0.1, -0.05) is 23.7 Å². The van der Waals surface area contributed by atoms with Crippen molar-refractivity contribution in [2.45, 2.75) is 32.4 Å². The average molecular weight is 383 g/mol. The molecule has 0 radical (unpaired) electrons. The minimum absolute atomic E-state index is 0.204. The summed E-state index contributed by atoms with van der Waals surface area (Å²) >= 11 is 5.97. The highest BCUT2D eigenvalue weighted by atomic mass is 35.5. The number of nitrogens with one attached hydrogen (secondary N) is 2. The first-order chi connectivity index (χ1) is 13.1. The van der Waals surface area contributed by atoms with E-state index in [0.29, 0.717) is 34.9 Å². The molecule has 1 amide bonds. The van der Waals surface area contributed by atoms with Crippen LogP contribution >= 0.6 is 11.6 Å². The molecule has 1 saturated carbocycles. The molecular formula is C19H19ClN6O. The highest BCUT2D eigenvalue weighted by Crippen LogP contribution is 2.23. The predicted octanol–water partition coefficient (Wildman–Crippen LogP) is 3.13. The molecule has 0 spiro atoms. The van der Waals surface area contributed by atoms with Gasteiger partial charge in [-0.05, 0) is 37.5 Å². The van der Waals surface area contributed by atoms with Crippen LogP contribution in [0, 0.1) is 6.92 Å². The lowest BCUT2D eigenvalue weighted by molar-refractivity contribution is 0.0951. The number of hydrogen-bond acceptors (Lipinski definition) is 5. The lowest BCUT2D eigenvalue weighted by Gasteiger charge is -2.08. The molecule has 3 aromatic rings. The van der Waals surface area contributed by atoms with Crippen LogP contribution in [0.3, 0.4) is 0 Å². The number of hydrogen-bond donors (Lipinski definition) is 2. The van der Waals surface area contributed by atoms with Gasteiger partial charge in [-0.2, -0.15) is 10.1 Å². The van der Waals surface area contributed by atoms with Gasteiger partial charge in [-0.3, -0.25) is 4.79 Å². The van der Waals surface area contributed by atoms with E-state index in [4.69, 9.17) is 11.6 Å². The molecule has 0 unspecified atom stereocenters. The van der Waals surface area contributed by atoms with Gasteiger partial charge in [0.2, 0.25) is 5.95 Å². The maximum absolute atomic E-state index is 12.4. The molecule has 138 valence electrons. The Kier molecular flexibility index (Phi) is 4.77. The molecule has 0 aliphatic heterocycles. The lowest BCUT2D eigenvalue weighted by atomic mass is 10.2. The topological polar surface area (TPSA) is 84.7 Å². The van der Waals surface area contributed by atoms with Crippen LogP contribution < -0.4 is 10.6 Å². The number of benzene rings is 1. The van der Waals surface area contributed by atoms with Crippen molar-refractivity contribution in [1.82, 2.24) is 25.1 Å². The molecule has 1 fully saturated rings. The number of aryl methyl sites for hydroxylation is 1. The van der Waals surface area contributed by atoms with Crippen LogP contribution in [-0.4, -0.2) is 31.7 Å². The minimum Gasteiger partial charge on any atom is -0.351 e. The normalized spacial score (nSPS) is 13.4. The van der Waals surface area contributed by atoms with Crippen LogP contribution in [0.15, 0.2) is 42.9 Å². The Morgan fingerprint density at radius 1 is 1.33 bits per heavy atom. The molecule has 4 rings (SSSR count). The van der Waals surface area contributed by atoms with E-state index in [0.717, 1.165) is 24.0 Å². The Balaban J connectivity index is 1.47. The molecule has 1 aliphatic carbocycles. The van der Waals surface area contributed by atoms with Crippen LogP contribution in [0.25, 0.3) is 5.82 Å². The smallest absolute Gasteiger partial charge is 0.254 e. The van der Waals surface area contributed by atoms with Crippen LogP contribution in [0.1, 0.15) is 34.3 Å². The quantitative estimate of drug-likeness (QED) is 0.684. The number of aromatic nitrogens is 4. The van der Waals surface area contributed by atoms with Gasteiger partial charge in [0.1, 0.15) is 0 Å². The second kappa shape index (κ2) is 7.36. The van der Waals surface area contributed by atoms with Gasteiger partial charge in [-0.25, -0.2) is 9.67 Å². The fraction of sp³-hybridized carbons (Fsp3) is 0.263. The molecule has 0 saturated heterocycles.